The van der Waals surface area contributed by atoms with Crippen LogP contribution in [0.4, 0.5) is 0 Å². The third-order valence-electron chi connectivity index (χ3n) is 3.43. The zero-order chi connectivity index (χ0) is 17.9. The standard InChI is InChI=1S/C20H22N2O2S/c1-14(22-24-20(2,3)4)15-9-11-16(12-10-15)23-13-19-21-17-7-5-6-8-18(17)25-19/h5-12H,13H2,1-4H3. The first kappa shape index (κ1) is 17.4. The van der Waals surface area contributed by atoms with Crippen molar-refractivity contribution in [1.29, 1.82) is 0 Å². The zero-order valence-corrected chi connectivity index (χ0v) is 15.8. The maximum absolute atomic E-state index is 5.85. The Morgan fingerprint density at radius 1 is 1.08 bits per heavy atom. The minimum Gasteiger partial charge on any atom is -0.486 e. The van der Waals surface area contributed by atoms with Crippen molar-refractivity contribution in [3.8, 4) is 5.75 Å². The summed E-state index contributed by atoms with van der Waals surface area (Å²) in [5, 5.41) is 5.15. The summed E-state index contributed by atoms with van der Waals surface area (Å²) in [6, 6.07) is 16.0. The Balaban J connectivity index is 1.62. The van der Waals surface area contributed by atoms with Gasteiger partial charge >= 0.3 is 0 Å². The molecule has 1 aromatic heterocycles. The van der Waals surface area contributed by atoms with Crippen molar-refractivity contribution in [1.82, 2.24) is 4.98 Å². The van der Waals surface area contributed by atoms with Crippen molar-refractivity contribution in [3.63, 3.8) is 0 Å². The summed E-state index contributed by atoms with van der Waals surface area (Å²) >= 11 is 1.66. The van der Waals surface area contributed by atoms with Crippen molar-refractivity contribution in [2.45, 2.75) is 39.9 Å². The SMILES string of the molecule is CC(=NOC(C)(C)C)c1ccc(OCc2nc3ccccc3s2)cc1. The minimum absolute atomic E-state index is 0.290. The Morgan fingerprint density at radius 3 is 2.48 bits per heavy atom. The first-order chi connectivity index (χ1) is 11.9. The third-order valence-corrected chi connectivity index (χ3v) is 4.44. The number of fused-ring (bicyclic) bond motifs is 1. The van der Waals surface area contributed by atoms with Gasteiger partial charge in [-0.1, -0.05) is 17.3 Å². The molecule has 0 fully saturated rings. The highest BCUT2D eigenvalue weighted by Crippen LogP contribution is 2.23. The van der Waals surface area contributed by atoms with Crippen LogP contribution in [0, 0.1) is 0 Å². The van der Waals surface area contributed by atoms with Crippen LogP contribution in [0.3, 0.4) is 0 Å². The third kappa shape index (κ3) is 4.79. The van der Waals surface area contributed by atoms with Crippen LogP contribution in [0.2, 0.25) is 0 Å². The molecule has 0 saturated carbocycles. The molecule has 130 valence electrons. The maximum Gasteiger partial charge on any atom is 0.140 e. The molecule has 0 aliphatic carbocycles. The van der Waals surface area contributed by atoms with Crippen molar-refractivity contribution < 1.29 is 9.57 Å². The van der Waals surface area contributed by atoms with E-state index in [1.54, 1.807) is 11.3 Å². The van der Waals surface area contributed by atoms with Crippen LogP contribution >= 0.6 is 11.3 Å². The first-order valence-corrected chi connectivity index (χ1v) is 9.03. The molecule has 0 N–H and O–H groups in total. The molecule has 0 unspecified atom stereocenters. The highest BCUT2D eigenvalue weighted by molar-refractivity contribution is 7.18. The molecule has 3 aromatic rings. The monoisotopic (exact) mass is 354 g/mol. The topological polar surface area (TPSA) is 43.7 Å². The van der Waals surface area contributed by atoms with Gasteiger partial charge in [0.05, 0.1) is 15.9 Å². The lowest BCUT2D eigenvalue weighted by molar-refractivity contribution is 0.000954. The molecule has 0 aliphatic heterocycles. The lowest BCUT2D eigenvalue weighted by atomic mass is 10.1. The molecule has 3 rings (SSSR count). The van der Waals surface area contributed by atoms with Gasteiger partial charge in [0.2, 0.25) is 0 Å². The van der Waals surface area contributed by atoms with Crippen LogP contribution in [0.5, 0.6) is 5.75 Å². The first-order valence-electron chi connectivity index (χ1n) is 8.21. The van der Waals surface area contributed by atoms with Crippen molar-refractivity contribution in [2.75, 3.05) is 0 Å². The van der Waals surface area contributed by atoms with Crippen LogP contribution in [-0.4, -0.2) is 16.3 Å². The van der Waals surface area contributed by atoms with E-state index >= 15 is 0 Å². The highest BCUT2D eigenvalue weighted by Gasteiger charge is 2.11. The normalized spacial score (nSPS) is 12.4. The van der Waals surface area contributed by atoms with Gasteiger partial charge in [-0.25, -0.2) is 4.98 Å². The van der Waals surface area contributed by atoms with Crippen LogP contribution in [0.25, 0.3) is 10.2 Å². The van der Waals surface area contributed by atoms with Crippen LogP contribution in [0.15, 0.2) is 53.7 Å². The summed E-state index contributed by atoms with van der Waals surface area (Å²) in [4.78, 5) is 10.0. The van der Waals surface area contributed by atoms with Crippen molar-refractivity contribution >= 4 is 27.3 Å². The molecule has 5 heteroatoms. The van der Waals surface area contributed by atoms with Gasteiger partial charge in [0.15, 0.2) is 0 Å². The molecule has 0 spiro atoms. The Morgan fingerprint density at radius 2 is 1.80 bits per heavy atom. The Labute approximate surface area is 152 Å². The lowest BCUT2D eigenvalue weighted by Crippen LogP contribution is -2.16. The fourth-order valence-corrected chi connectivity index (χ4v) is 3.06. The molecule has 0 bridgehead atoms. The predicted octanol–water partition coefficient (Wildman–Crippen LogP) is 5.41. The molecule has 4 nitrogen and oxygen atoms in total. The molecule has 1 heterocycles. The molecular formula is C20H22N2O2S. The fourth-order valence-electron chi connectivity index (χ4n) is 2.18. The number of thiazole rings is 1. The second-order valence-corrected chi connectivity index (χ2v) is 7.88. The Hall–Kier alpha value is -2.40. The van der Waals surface area contributed by atoms with E-state index in [-0.39, 0.29) is 5.60 Å². The van der Waals surface area contributed by atoms with Gasteiger partial charge in [0.1, 0.15) is 23.0 Å². The molecule has 0 atom stereocenters. The molecule has 25 heavy (non-hydrogen) atoms. The predicted molar refractivity (Wildman–Crippen MR) is 103 cm³/mol. The number of nitrogens with zero attached hydrogens (tertiary/aromatic N) is 2. The van der Waals surface area contributed by atoms with E-state index in [9.17, 15) is 0 Å². The van der Waals surface area contributed by atoms with E-state index < -0.39 is 0 Å². The largest absolute Gasteiger partial charge is 0.486 e. The van der Waals surface area contributed by atoms with E-state index in [0.29, 0.717) is 6.61 Å². The smallest absolute Gasteiger partial charge is 0.140 e. The minimum atomic E-state index is -0.290. The van der Waals surface area contributed by atoms with Gasteiger partial charge in [-0.15, -0.1) is 11.3 Å². The molecule has 0 aliphatic rings. The summed E-state index contributed by atoms with van der Waals surface area (Å²) in [6.07, 6.45) is 0. The second kappa shape index (κ2) is 7.23. The lowest BCUT2D eigenvalue weighted by Gasteiger charge is -2.16. The number of hydrogen-bond donors (Lipinski definition) is 0. The van der Waals surface area contributed by atoms with Crippen LogP contribution in [-0.2, 0) is 11.4 Å². The van der Waals surface area contributed by atoms with Crippen molar-refractivity contribution in [3.05, 3.63) is 59.1 Å². The molecule has 0 saturated heterocycles. The summed E-state index contributed by atoms with van der Waals surface area (Å²) in [5.41, 5.74) is 2.58. The molecule has 0 amide bonds. The quantitative estimate of drug-likeness (QED) is 0.454. The van der Waals surface area contributed by atoms with Crippen LogP contribution in [0.1, 0.15) is 38.3 Å². The summed E-state index contributed by atoms with van der Waals surface area (Å²) in [6.45, 7) is 8.33. The second-order valence-electron chi connectivity index (χ2n) is 6.77. The Kier molecular flexibility index (Phi) is 5.04. The van der Waals surface area contributed by atoms with Crippen LogP contribution < -0.4 is 4.74 Å². The maximum atomic E-state index is 5.85. The average Bonchev–Trinajstić information content (AvgIpc) is 3.00. The van der Waals surface area contributed by atoms with E-state index in [2.05, 4.69) is 16.2 Å². The number of ether oxygens (including phenoxy) is 1. The molecule has 2 aromatic carbocycles. The Bertz CT molecular complexity index is 844. The number of hydrogen-bond acceptors (Lipinski definition) is 5. The van der Waals surface area contributed by atoms with Gasteiger partial charge in [-0.05, 0) is 69.7 Å². The van der Waals surface area contributed by atoms with Gasteiger partial charge in [-0.3, -0.25) is 0 Å². The average molecular weight is 354 g/mol. The zero-order valence-electron chi connectivity index (χ0n) is 14.9. The van der Waals surface area contributed by atoms with Gasteiger partial charge in [0, 0.05) is 0 Å². The van der Waals surface area contributed by atoms with Gasteiger partial charge in [-0.2, -0.15) is 0 Å². The summed E-state index contributed by atoms with van der Waals surface area (Å²) in [7, 11) is 0. The number of aromatic nitrogens is 1. The molecule has 0 radical (unpaired) electrons. The highest BCUT2D eigenvalue weighted by atomic mass is 32.1. The van der Waals surface area contributed by atoms with E-state index in [1.165, 1.54) is 4.70 Å². The summed E-state index contributed by atoms with van der Waals surface area (Å²) in [5.74, 6) is 0.813. The number of rotatable bonds is 5. The van der Waals surface area contributed by atoms with E-state index in [1.807, 2.05) is 70.2 Å². The van der Waals surface area contributed by atoms with Crippen molar-refractivity contribution in [2.24, 2.45) is 5.16 Å². The van der Waals surface area contributed by atoms with Gasteiger partial charge in [0.25, 0.3) is 0 Å². The van der Waals surface area contributed by atoms with E-state index in [4.69, 9.17) is 9.57 Å². The van der Waals surface area contributed by atoms with E-state index in [0.717, 1.165) is 27.5 Å². The number of para-hydroxylation sites is 1. The number of oxime groups is 1. The fraction of sp³-hybridized carbons (Fsp3) is 0.300. The summed E-state index contributed by atoms with van der Waals surface area (Å²) < 4.78 is 7.03. The molecular weight excluding hydrogens is 332 g/mol. The van der Waals surface area contributed by atoms with Gasteiger partial charge < -0.3 is 9.57 Å². The number of benzene rings is 2.